The molecule has 0 saturated heterocycles. The molecule has 136 valence electrons. The van der Waals surface area contributed by atoms with E-state index in [1.54, 1.807) is 24.2 Å². The Balaban J connectivity index is 2.03. The van der Waals surface area contributed by atoms with Crippen LogP contribution < -0.4 is 4.74 Å². The van der Waals surface area contributed by atoms with Crippen LogP contribution in [0.5, 0.6) is 5.75 Å². The second-order valence-corrected chi connectivity index (χ2v) is 6.58. The monoisotopic (exact) mass is 364 g/mol. The van der Waals surface area contributed by atoms with Crippen LogP contribution in [-0.2, 0) is 9.53 Å². The predicted octanol–water partition coefficient (Wildman–Crippen LogP) is 2.71. The zero-order valence-corrected chi connectivity index (χ0v) is 15.8. The fourth-order valence-electron chi connectivity index (χ4n) is 2.40. The normalized spacial score (nSPS) is 13.6. The van der Waals surface area contributed by atoms with Crippen LogP contribution >= 0.6 is 11.6 Å². The Labute approximate surface area is 154 Å². The van der Waals surface area contributed by atoms with Crippen LogP contribution in [0.4, 0.5) is 0 Å². The average molecular weight is 365 g/mol. The lowest BCUT2D eigenvalue weighted by molar-refractivity contribution is -0.126. The second-order valence-electron chi connectivity index (χ2n) is 6.14. The van der Waals surface area contributed by atoms with Crippen molar-refractivity contribution in [3.63, 3.8) is 0 Å². The van der Waals surface area contributed by atoms with E-state index in [0.717, 1.165) is 23.4 Å². The molecule has 1 aromatic carbocycles. The van der Waals surface area contributed by atoms with Gasteiger partial charge in [0.2, 0.25) is 5.91 Å². The number of ether oxygens (including phenoxy) is 2. The summed E-state index contributed by atoms with van der Waals surface area (Å²) in [5.74, 6) is 0.775. The lowest BCUT2D eigenvalue weighted by Crippen LogP contribution is -2.37. The zero-order chi connectivity index (χ0) is 18.2. The smallest absolute Gasteiger partial charge is 0.246 e. The van der Waals surface area contributed by atoms with Gasteiger partial charge in [0.1, 0.15) is 12.4 Å². The Kier molecular flexibility index (Phi) is 7.50. The third-order valence-electron chi connectivity index (χ3n) is 3.84. The SMILES string of the molecule is COCCN(CCN(C)C)C(=O)/C=C/C1=Cc2cc(Cl)ccc2OC1. The predicted molar refractivity (Wildman–Crippen MR) is 101 cm³/mol. The molecule has 1 amide bonds. The molecule has 6 heteroatoms. The van der Waals surface area contributed by atoms with E-state index in [0.29, 0.717) is 31.3 Å². The number of rotatable bonds is 8. The highest BCUT2D eigenvalue weighted by atomic mass is 35.5. The highest BCUT2D eigenvalue weighted by Gasteiger charge is 2.13. The number of nitrogens with zero attached hydrogens (tertiary/aromatic N) is 2. The van der Waals surface area contributed by atoms with Gasteiger partial charge in [0.05, 0.1) is 6.61 Å². The molecule has 0 saturated carbocycles. The van der Waals surface area contributed by atoms with E-state index in [-0.39, 0.29) is 5.91 Å². The Hall–Kier alpha value is -1.82. The average Bonchev–Trinajstić information content (AvgIpc) is 2.59. The van der Waals surface area contributed by atoms with Gasteiger partial charge in [-0.15, -0.1) is 0 Å². The molecule has 1 heterocycles. The number of likely N-dealkylation sites (N-methyl/N-ethyl adjacent to an activating group) is 1. The molecule has 5 nitrogen and oxygen atoms in total. The molecule has 0 atom stereocenters. The summed E-state index contributed by atoms with van der Waals surface area (Å²) < 4.78 is 10.8. The van der Waals surface area contributed by atoms with E-state index in [9.17, 15) is 4.79 Å². The van der Waals surface area contributed by atoms with Crippen LogP contribution in [0.15, 0.2) is 35.9 Å². The first-order valence-corrected chi connectivity index (χ1v) is 8.61. The lowest BCUT2D eigenvalue weighted by Gasteiger charge is -2.23. The third-order valence-corrected chi connectivity index (χ3v) is 4.08. The van der Waals surface area contributed by atoms with Gasteiger partial charge in [-0.05, 0) is 43.9 Å². The highest BCUT2D eigenvalue weighted by Crippen LogP contribution is 2.29. The minimum atomic E-state index is -0.0308. The summed E-state index contributed by atoms with van der Waals surface area (Å²) >= 11 is 6.02. The fourth-order valence-corrected chi connectivity index (χ4v) is 2.58. The van der Waals surface area contributed by atoms with Crippen LogP contribution in [0.3, 0.4) is 0 Å². The van der Waals surface area contributed by atoms with E-state index >= 15 is 0 Å². The van der Waals surface area contributed by atoms with Crippen LogP contribution in [0, 0.1) is 0 Å². The van der Waals surface area contributed by atoms with Crippen molar-refractivity contribution < 1.29 is 14.3 Å². The van der Waals surface area contributed by atoms with Gasteiger partial charge in [-0.3, -0.25) is 4.79 Å². The Morgan fingerprint density at radius 1 is 1.32 bits per heavy atom. The maximum atomic E-state index is 12.5. The van der Waals surface area contributed by atoms with Crippen molar-refractivity contribution in [2.75, 3.05) is 54.1 Å². The molecule has 0 radical (unpaired) electrons. The van der Waals surface area contributed by atoms with Crippen molar-refractivity contribution >= 4 is 23.6 Å². The van der Waals surface area contributed by atoms with Crippen molar-refractivity contribution in [3.05, 3.63) is 46.5 Å². The molecular formula is C19H25ClN2O3. The quantitative estimate of drug-likeness (QED) is 0.665. The largest absolute Gasteiger partial charge is 0.488 e. The second kappa shape index (κ2) is 9.61. The molecule has 0 spiro atoms. The number of halogens is 1. The summed E-state index contributed by atoms with van der Waals surface area (Å²) in [7, 11) is 5.61. The van der Waals surface area contributed by atoms with Crippen molar-refractivity contribution in [1.82, 2.24) is 9.80 Å². The Morgan fingerprint density at radius 3 is 2.84 bits per heavy atom. The standard InChI is InChI=1S/C19H25ClN2O3/c1-21(2)8-9-22(10-11-24-3)19(23)7-4-15-12-16-13-17(20)5-6-18(16)25-14-15/h4-7,12-13H,8-11,14H2,1-3H3/b7-4+. The zero-order valence-electron chi connectivity index (χ0n) is 15.0. The van der Waals surface area contributed by atoms with Crippen molar-refractivity contribution in [2.45, 2.75) is 0 Å². The van der Waals surface area contributed by atoms with Crippen molar-refractivity contribution in [3.8, 4) is 5.75 Å². The number of amides is 1. The van der Waals surface area contributed by atoms with Crippen molar-refractivity contribution in [1.29, 1.82) is 0 Å². The summed E-state index contributed by atoms with van der Waals surface area (Å²) in [6.45, 7) is 2.99. The van der Waals surface area contributed by atoms with Gasteiger partial charge in [0.15, 0.2) is 0 Å². The van der Waals surface area contributed by atoms with Crippen LogP contribution in [0.25, 0.3) is 6.08 Å². The number of hydrogen-bond acceptors (Lipinski definition) is 4. The molecule has 2 rings (SSSR count). The van der Waals surface area contributed by atoms with E-state index in [1.165, 1.54) is 0 Å². The third kappa shape index (κ3) is 6.20. The number of hydrogen-bond donors (Lipinski definition) is 0. The Morgan fingerprint density at radius 2 is 2.12 bits per heavy atom. The number of benzene rings is 1. The molecule has 1 aliphatic heterocycles. The van der Waals surface area contributed by atoms with E-state index in [1.807, 2.05) is 38.4 Å². The van der Waals surface area contributed by atoms with Gasteiger partial charge in [-0.1, -0.05) is 17.7 Å². The van der Waals surface area contributed by atoms with Gasteiger partial charge in [0.25, 0.3) is 0 Å². The molecule has 0 aliphatic carbocycles. The van der Waals surface area contributed by atoms with Crippen LogP contribution in [0.1, 0.15) is 5.56 Å². The summed E-state index contributed by atoms with van der Waals surface area (Å²) in [5, 5.41) is 0.661. The first kappa shape index (κ1) is 19.5. The number of fused-ring (bicyclic) bond motifs is 1. The van der Waals surface area contributed by atoms with Crippen LogP contribution in [-0.4, -0.2) is 69.8 Å². The Bertz CT molecular complexity index is 656. The van der Waals surface area contributed by atoms with Gasteiger partial charge >= 0.3 is 0 Å². The van der Waals surface area contributed by atoms with Crippen molar-refractivity contribution in [2.24, 2.45) is 0 Å². The molecule has 1 aliphatic rings. The minimum absolute atomic E-state index is 0.0308. The highest BCUT2D eigenvalue weighted by molar-refractivity contribution is 6.30. The fraction of sp³-hybridized carbons (Fsp3) is 0.421. The number of carbonyl (C=O) groups is 1. The van der Waals surface area contributed by atoms with E-state index in [4.69, 9.17) is 21.1 Å². The molecule has 0 N–H and O–H groups in total. The molecule has 25 heavy (non-hydrogen) atoms. The molecular weight excluding hydrogens is 340 g/mol. The lowest BCUT2D eigenvalue weighted by atomic mass is 10.1. The van der Waals surface area contributed by atoms with E-state index < -0.39 is 0 Å². The van der Waals surface area contributed by atoms with Gasteiger partial charge in [-0.25, -0.2) is 0 Å². The first-order valence-electron chi connectivity index (χ1n) is 8.23. The summed E-state index contributed by atoms with van der Waals surface area (Å²) in [5.41, 5.74) is 1.86. The van der Waals surface area contributed by atoms with Crippen LogP contribution in [0.2, 0.25) is 5.02 Å². The molecule has 1 aromatic rings. The number of carbonyl (C=O) groups excluding carboxylic acids is 1. The number of methoxy groups -OCH3 is 1. The van der Waals surface area contributed by atoms with E-state index in [2.05, 4.69) is 4.90 Å². The summed E-state index contributed by atoms with van der Waals surface area (Å²) in [4.78, 5) is 16.3. The summed E-state index contributed by atoms with van der Waals surface area (Å²) in [6, 6.07) is 5.51. The first-order chi connectivity index (χ1) is 12.0. The molecule has 0 aromatic heterocycles. The topological polar surface area (TPSA) is 42.0 Å². The van der Waals surface area contributed by atoms with Gasteiger partial charge in [-0.2, -0.15) is 0 Å². The maximum absolute atomic E-state index is 12.5. The molecule has 0 fully saturated rings. The minimum Gasteiger partial charge on any atom is -0.488 e. The summed E-state index contributed by atoms with van der Waals surface area (Å²) in [6.07, 6.45) is 5.39. The molecule has 0 bridgehead atoms. The maximum Gasteiger partial charge on any atom is 0.246 e. The van der Waals surface area contributed by atoms with Gasteiger partial charge in [0, 0.05) is 43.4 Å². The van der Waals surface area contributed by atoms with Gasteiger partial charge < -0.3 is 19.3 Å². The molecule has 0 unspecified atom stereocenters.